The van der Waals surface area contributed by atoms with Crippen molar-refractivity contribution in [3.8, 4) is 0 Å². The number of rotatable bonds is 9. The fourth-order valence-corrected chi connectivity index (χ4v) is 2.13. The Morgan fingerprint density at radius 3 is 2.77 bits per heavy atom. The zero-order chi connectivity index (χ0) is 18.8. The SMILES string of the molecule is CC(C)CCNC(=O)COC(=O)/C=C/c1cn(Cc2ccccc2)nn1. The molecule has 7 nitrogen and oxygen atoms in total. The second kappa shape index (κ2) is 10.1. The van der Waals surface area contributed by atoms with E-state index in [1.165, 1.54) is 12.2 Å². The molecule has 0 bridgehead atoms. The fourth-order valence-electron chi connectivity index (χ4n) is 2.13. The van der Waals surface area contributed by atoms with Crippen LogP contribution in [0.3, 0.4) is 0 Å². The standard InChI is InChI=1S/C19H24N4O3/c1-15(2)10-11-20-18(24)14-26-19(25)9-8-17-13-23(22-21-17)12-16-6-4-3-5-7-16/h3-9,13,15H,10-12,14H2,1-2H3,(H,20,24)/b9-8+. The van der Waals surface area contributed by atoms with Crippen LogP contribution in [0.15, 0.2) is 42.6 Å². The van der Waals surface area contributed by atoms with Gasteiger partial charge in [0.2, 0.25) is 0 Å². The highest BCUT2D eigenvalue weighted by Crippen LogP contribution is 2.03. The first-order chi connectivity index (χ1) is 12.5. The smallest absolute Gasteiger partial charge is 0.331 e. The lowest BCUT2D eigenvalue weighted by atomic mass is 10.1. The molecule has 0 atom stereocenters. The molecule has 138 valence electrons. The summed E-state index contributed by atoms with van der Waals surface area (Å²) in [4.78, 5) is 23.2. The lowest BCUT2D eigenvalue weighted by Crippen LogP contribution is -2.29. The molecule has 26 heavy (non-hydrogen) atoms. The van der Waals surface area contributed by atoms with Gasteiger partial charge in [-0.2, -0.15) is 0 Å². The van der Waals surface area contributed by atoms with Crippen LogP contribution in [0.1, 0.15) is 31.5 Å². The number of esters is 1. The third-order valence-corrected chi connectivity index (χ3v) is 3.52. The first-order valence-corrected chi connectivity index (χ1v) is 8.58. The molecular weight excluding hydrogens is 332 g/mol. The van der Waals surface area contributed by atoms with Gasteiger partial charge in [-0.3, -0.25) is 4.79 Å². The van der Waals surface area contributed by atoms with Crippen molar-refractivity contribution in [3.05, 3.63) is 53.9 Å². The summed E-state index contributed by atoms with van der Waals surface area (Å²) in [6.07, 6.45) is 5.36. The maximum absolute atomic E-state index is 11.7. The Labute approximate surface area is 153 Å². The molecule has 1 amide bonds. The second-order valence-corrected chi connectivity index (χ2v) is 6.30. The topological polar surface area (TPSA) is 86.1 Å². The molecule has 0 aliphatic heterocycles. The lowest BCUT2D eigenvalue weighted by Gasteiger charge is -2.06. The Morgan fingerprint density at radius 2 is 2.04 bits per heavy atom. The number of ether oxygens (including phenoxy) is 1. The monoisotopic (exact) mass is 356 g/mol. The Balaban J connectivity index is 1.73. The van der Waals surface area contributed by atoms with Gasteiger partial charge in [0, 0.05) is 12.6 Å². The van der Waals surface area contributed by atoms with Crippen molar-refractivity contribution < 1.29 is 14.3 Å². The van der Waals surface area contributed by atoms with Crippen LogP contribution in [0.4, 0.5) is 0 Å². The van der Waals surface area contributed by atoms with E-state index in [0.29, 0.717) is 24.7 Å². The van der Waals surface area contributed by atoms with Crippen LogP contribution in [0.25, 0.3) is 6.08 Å². The molecular formula is C19H24N4O3. The van der Waals surface area contributed by atoms with Gasteiger partial charge >= 0.3 is 5.97 Å². The third kappa shape index (κ3) is 7.29. The van der Waals surface area contributed by atoms with E-state index >= 15 is 0 Å². The molecule has 1 heterocycles. The van der Waals surface area contributed by atoms with E-state index in [1.807, 2.05) is 30.3 Å². The van der Waals surface area contributed by atoms with Crippen LogP contribution in [-0.4, -0.2) is 40.0 Å². The first kappa shape index (κ1) is 19.4. The van der Waals surface area contributed by atoms with Crippen LogP contribution in [0.2, 0.25) is 0 Å². The maximum atomic E-state index is 11.7. The predicted octanol–water partition coefficient (Wildman–Crippen LogP) is 2.05. The van der Waals surface area contributed by atoms with Gasteiger partial charge in [-0.1, -0.05) is 49.4 Å². The minimum absolute atomic E-state index is 0.290. The van der Waals surface area contributed by atoms with Crippen molar-refractivity contribution in [1.29, 1.82) is 0 Å². The summed E-state index contributed by atoms with van der Waals surface area (Å²) < 4.78 is 6.58. The molecule has 0 aliphatic rings. The van der Waals surface area contributed by atoms with Gasteiger partial charge in [-0.15, -0.1) is 5.10 Å². The highest BCUT2D eigenvalue weighted by atomic mass is 16.5. The van der Waals surface area contributed by atoms with Crippen LogP contribution in [0, 0.1) is 5.92 Å². The summed E-state index contributed by atoms with van der Waals surface area (Å²) in [6, 6.07) is 9.88. The minimum Gasteiger partial charge on any atom is -0.452 e. The number of nitrogens with one attached hydrogen (secondary N) is 1. The van der Waals surface area contributed by atoms with Crippen molar-refractivity contribution in [1.82, 2.24) is 20.3 Å². The predicted molar refractivity (Wildman–Crippen MR) is 98.0 cm³/mol. The van der Waals surface area contributed by atoms with Crippen LogP contribution in [0.5, 0.6) is 0 Å². The van der Waals surface area contributed by atoms with Crippen LogP contribution in [-0.2, 0) is 20.9 Å². The van der Waals surface area contributed by atoms with Gasteiger partial charge in [0.15, 0.2) is 6.61 Å². The average molecular weight is 356 g/mol. The first-order valence-electron chi connectivity index (χ1n) is 8.58. The fraction of sp³-hybridized carbons (Fsp3) is 0.368. The average Bonchev–Trinajstić information content (AvgIpc) is 3.06. The number of benzene rings is 1. The summed E-state index contributed by atoms with van der Waals surface area (Å²) in [5, 5.41) is 10.7. The van der Waals surface area contributed by atoms with E-state index in [4.69, 9.17) is 4.74 Å². The van der Waals surface area contributed by atoms with Gasteiger partial charge in [-0.25, -0.2) is 9.48 Å². The Morgan fingerprint density at radius 1 is 1.27 bits per heavy atom. The molecule has 1 N–H and O–H groups in total. The minimum atomic E-state index is -0.596. The quantitative estimate of drug-likeness (QED) is 0.549. The third-order valence-electron chi connectivity index (χ3n) is 3.52. The molecule has 0 unspecified atom stereocenters. The van der Waals surface area contributed by atoms with E-state index in [9.17, 15) is 9.59 Å². The van der Waals surface area contributed by atoms with Gasteiger partial charge in [0.1, 0.15) is 5.69 Å². The Kier molecular flexibility index (Phi) is 7.54. The Bertz CT molecular complexity index is 738. The van der Waals surface area contributed by atoms with Crippen molar-refractivity contribution in [3.63, 3.8) is 0 Å². The second-order valence-electron chi connectivity index (χ2n) is 6.30. The number of nitrogens with zero attached hydrogens (tertiary/aromatic N) is 3. The van der Waals surface area contributed by atoms with Gasteiger partial charge in [0.05, 0.1) is 12.7 Å². The number of hydrogen-bond donors (Lipinski definition) is 1. The number of carbonyl (C=O) groups is 2. The van der Waals surface area contributed by atoms with E-state index in [-0.39, 0.29) is 12.5 Å². The van der Waals surface area contributed by atoms with E-state index in [1.54, 1.807) is 10.9 Å². The number of amides is 1. The molecule has 7 heteroatoms. The molecule has 0 aliphatic carbocycles. The van der Waals surface area contributed by atoms with Crippen molar-refractivity contribution >= 4 is 18.0 Å². The molecule has 2 aromatic rings. The summed E-state index contributed by atoms with van der Waals surface area (Å²) >= 11 is 0. The van der Waals surface area contributed by atoms with Gasteiger partial charge in [-0.05, 0) is 24.0 Å². The van der Waals surface area contributed by atoms with E-state index in [0.717, 1.165) is 12.0 Å². The summed E-state index contributed by atoms with van der Waals surface area (Å²) in [5.41, 5.74) is 1.65. The maximum Gasteiger partial charge on any atom is 0.331 e. The Hall–Kier alpha value is -2.96. The highest BCUT2D eigenvalue weighted by molar-refractivity contribution is 5.88. The summed E-state index contributed by atoms with van der Waals surface area (Å²) in [7, 11) is 0. The van der Waals surface area contributed by atoms with E-state index < -0.39 is 5.97 Å². The normalized spacial score (nSPS) is 11.0. The molecule has 0 radical (unpaired) electrons. The zero-order valence-corrected chi connectivity index (χ0v) is 15.1. The molecule has 2 rings (SSSR count). The lowest BCUT2D eigenvalue weighted by molar-refractivity contribution is -0.143. The molecule has 1 aromatic heterocycles. The summed E-state index contributed by atoms with van der Waals surface area (Å²) in [6.45, 7) is 5.04. The van der Waals surface area contributed by atoms with Crippen LogP contribution >= 0.6 is 0 Å². The molecule has 1 aromatic carbocycles. The largest absolute Gasteiger partial charge is 0.452 e. The van der Waals surface area contributed by atoms with Gasteiger partial charge < -0.3 is 10.1 Å². The number of aromatic nitrogens is 3. The van der Waals surface area contributed by atoms with E-state index in [2.05, 4.69) is 29.5 Å². The van der Waals surface area contributed by atoms with Crippen LogP contribution < -0.4 is 5.32 Å². The number of hydrogen-bond acceptors (Lipinski definition) is 5. The number of carbonyl (C=O) groups excluding carboxylic acids is 2. The molecule has 0 spiro atoms. The summed E-state index contributed by atoms with van der Waals surface area (Å²) in [5.74, 6) is -0.390. The molecule has 0 saturated heterocycles. The van der Waals surface area contributed by atoms with Crippen molar-refractivity contribution in [2.24, 2.45) is 5.92 Å². The highest BCUT2D eigenvalue weighted by Gasteiger charge is 2.05. The zero-order valence-electron chi connectivity index (χ0n) is 15.1. The molecule has 0 saturated carbocycles. The van der Waals surface area contributed by atoms with Crippen molar-refractivity contribution in [2.45, 2.75) is 26.8 Å². The molecule has 0 fully saturated rings. The van der Waals surface area contributed by atoms with Gasteiger partial charge in [0.25, 0.3) is 5.91 Å². The van der Waals surface area contributed by atoms with Crippen molar-refractivity contribution in [2.75, 3.05) is 13.2 Å².